The molecule has 5 aromatic rings. The average molecular weight is 492 g/mol. The lowest BCUT2D eigenvalue weighted by Gasteiger charge is -2.08. The summed E-state index contributed by atoms with van der Waals surface area (Å²) in [7, 11) is 3.16. The van der Waals surface area contributed by atoms with Crippen LogP contribution in [0.3, 0.4) is 0 Å². The van der Waals surface area contributed by atoms with Crippen LogP contribution in [0.25, 0.3) is 27.5 Å². The van der Waals surface area contributed by atoms with Gasteiger partial charge in [-0.3, -0.25) is 14.3 Å². The number of rotatable bonds is 7. The number of aryl methyl sites for hydroxylation is 1. The van der Waals surface area contributed by atoms with Crippen LogP contribution >= 0.6 is 11.3 Å². The molecule has 0 unspecified atom stereocenters. The first-order valence-electron chi connectivity index (χ1n) is 10.8. The van der Waals surface area contributed by atoms with E-state index in [1.165, 1.54) is 23.5 Å². The van der Waals surface area contributed by atoms with Crippen LogP contribution in [0.4, 0.5) is 4.39 Å². The minimum Gasteiger partial charge on any atom is -0.497 e. The van der Waals surface area contributed by atoms with Gasteiger partial charge in [0.2, 0.25) is 0 Å². The van der Waals surface area contributed by atoms with Gasteiger partial charge in [0.1, 0.15) is 23.0 Å². The number of thiazole rings is 1. The molecule has 0 saturated carbocycles. The Morgan fingerprint density at radius 1 is 1.11 bits per heavy atom. The number of methoxy groups -OCH3 is 2. The lowest BCUT2D eigenvalue weighted by molar-refractivity contribution is 0.0946. The smallest absolute Gasteiger partial charge is 0.269 e. The number of carbonyl (C=O) groups excluding carboxylic acids is 1. The Kier molecular flexibility index (Phi) is 5.96. The van der Waals surface area contributed by atoms with Crippen LogP contribution in [0, 0.1) is 12.7 Å². The molecular formula is C25H22FN5O3S. The van der Waals surface area contributed by atoms with Gasteiger partial charge in [-0.1, -0.05) is 11.3 Å². The number of hydrogen-bond donors (Lipinski definition) is 2. The number of fused-ring (bicyclic) bond motifs is 1. The topological polar surface area (TPSA) is 93.5 Å². The molecule has 0 aliphatic rings. The van der Waals surface area contributed by atoms with E-state index in [-0.39, 0.29) is 11.7 Å². The molecule has 0 bridgehead atoms. The van der Waals surface area contributed by atoms with Crippen LogP contribution in [0.15, 0.2) is 54.7 Å². The third-order valence-corrected chi connectivity index (χ3v) is 6.86. The van der Waals surface area contributed by atoms with Crippen LogP contribution in [0.5, 0.6) is 11.5 Å². The number of amides is 1. The first-order chi connectivity index (χ1) is 17.0. The van der Waals surface area contributed by atoms with Crippen LogP contribution in [-0.2, 0) is 6.54 Å². The number of hydrogen-bond acceptors (Lipinski definition) is 6. The minimum absolute atomic E-state index is 0.275. The van der Waals surface area contributed by atoms with Gasteiger partial charge in [-0.25, -0.2) is 9.37 Å². The van der Waals surface area contributed by atoms with E-state index in [0.29, 0.717) is 29.4 Å². The Labute approximate surface area is 204 Å². The highest BCUT2D eigenvalue weighted by molar-refractivity contribution is 7.17. The Morgan fingerprint density at radius 3 is 2.63 bits per heavy atom. The molecule has 8 nitrogen and oxygen atoms in total. The van der Waals surface area contributed by atoms with Gasteiger partial charge in [-0.15, -0.1) is 0 Å². The molecule has 35 heavy (non-hydrogen) atoms. The molecule has 178 valence electrons. The van der Waals surface area contributed by atoms with Crippen LogP contribution in [0.1, 0.15) is 21.1 Å². The van der Waals surface area contributed by atoms with Gasteiger partial charge in [-0.2, -0.15) is 5.10 Å². The van der Waals surface area contributed by atoms with E-state index in [2.05, 4.69) is 20.5 Å². The van der Waals surface area contributed by atoms with Crippen LogP contribution in [-0.4, -0.2) is 39.7 Å². The van der Waals surface area contributed by atoms with E-state index >= 15 is 0 Å². The van der Waals surface area contributed by atoms with Crippen molar-refractivity contribution in [1.82, 2.24) is 24.9 Å². The summed E-state index contributed by atoms with van der Waals surface area (Å²) in [4.78, 5) is 19.2. The number of H-pyrrole nitrogens is 1. The maximum absolute atomic E-state index is 13.2. The molecule has 0 atom stereocenters. The van der Waals surface area contributed by atoms with E-state index in [4.69, 9.17) is 9.47 Å². The molecule has 0 radical (unpaired) electrons. The minimum atomic E-state index is -0.281. The van der Waals surface area contributed by atoms with Gasteiger partial charge in [0.25, 0.3) is 5.91 Å². The van der Waals surface area contributed by atoms with Crippen molar-refractivity contribution in [1.29, 1.82) is 0 Å². The summed E-state index contributed by atoms with van der Waals surface area (Å²) in [5.41, 5.74) is 4.23. The van der Waals surface area contributed by atoms with Gasteiger partial charge in [0.15, 0.2) is 4.96 Å². The van der Waals surface area contributed by atoms with E-state index < -0.39 is 0 Å². The normalized spacial score (nSPS) is 11.1. The van der Waals surface area contributed by atoms with Crippen molar-refractivity contribution in [2.45, 2.75) is 13.5 Å². The van der Waals surface area contributed by atoms with Crippen molar-refractivity contribution < 1.29 is 18.7 Å². The second-order valence-electron chi connectivity index (χ2n) is 7.81. The predicted octanol–water partition coefficient (Wildman–Crippen LogP) is 4.85. The molecule has 0 aliphatic heterocycles. The SMILES string of the molecule is COc1ccc(OC)c(-c2cc(C(=O)NCc3sc4nc(-c5ccc(F)cc5)cn4c3C)[nH]n2)c1. The number of nitrogens with zero attached hydrogens (tertiary/aromatic N) is 3. The molecule has 1 amide bonds. The fraction of sp³-hybridized carbons (Fsp3) is 0.160. The summed E-state index contributed by atoms with van der Waals surface area (Å²) in [5, 5.41) is 10.0. The Balaban J connectivity index is 1.31. The molecule has 3 heterocycles. The number of carbonyl (C=O) groups is 1. The van der Waals surface area contributed by atoms with Gasteiger partial charge < -0.3 is 14.8 Å². The molecule has 3 aromatic heterocycles. The van der Waals surface area contributed by atoms with Gasteiger partial charge in [0, 0.05) is 27.9 Å². The molecule has 0 fully saturated rings. The van der Waals surface area contributed by atoms with Crippen molar-refractivity contribution in [3.8, 4) is 34.0 Å². The highest BCUT2D eigenvalue weighted by atomic mass is 32.1. The Hall–Kier alpha value is -4.18. The van der Waals surface area contributed by atoms with E-state index in [1.807, 2.05) is 23.6 Å². The average Bonchev–Trinajstić information content (AvgIpc) is 3.59. The van der Waals surface area contributed by atoms with Crippen LogP contribution in [0.2, 0.25) is 0 Å². The number of benzene rings is 2. The van der Waals surface area contributed by atoms with Gasteiger partial charge >= 0.3 is 0 Å². The molecule has 0 spiro atoms. The summed E-state index contributed by atoms with van der Waals surface area (Å²) >= 11 is 1.50. The van der Waals surface area contributed by atoms with Gasteiger partial charge in [0.05, 0.1) is 32.2 Å². The Bertz CT molecular complexity index is 1520. The molecule has 2 aromatic carbocycles. The lowest BCUT2D eigenvalue weighted by Crippen LogP contribution is -2.23. The number of nitrogens with one attached hydrogen (secondary N) is 2. The summed E-state index contributed by atoms with van der Waals surface area (Å²) in [6, 6.07) is 13.3. The van der Waals surface area contributed by atoms with E-state index in [9.17, 15) is 9.18 Å². The second-order valence-corrected chi connectivity index (χ2v) is 8.87. The summed E-state index contributed by atoms with van der Waals surface area (Å²) in [6.45, 7) is 2.33. The zero-order chi connectivity index (χ0) is 24.5. The quantitative estimate of drug-likeness (QED) is 0.340. The highest BCUT2D eigenvalue weighted by Gasteiger charge is 2.17. The Morgan fingerprint density at radius 2 is 1.91 bits per heavy atom. The fourth-order valence-electron chi connectivity index (χ4n) is 3.76. The first-order valence-corrected chi connectivity index (χ1v) is 11.6. The maximum atomic E-state index is 13.2. The van der Waals surface area contributed by atoms with Gasteiger partial charge in [-0.05, 0) is 55.5 Å². The predicted molar refractivity (Wildman–Crippen MR) is 131 cm³/mol. The summed E-state index contributed by atoms with van der Waals surface area (Å²) in [5.74, 6) is 0.733. The molecule has 2 N–H and O–H groups in total. The zero-order valence-electron chi connectivity index (χ0n) is 19.3. The van der Waals surface area contributed by atoms with Crippen molar-refractivity contribution >= 4 is 22.2 Å². The largest absolute Gasteiger partial charge is 0.497 e. The summed E-state index contributed by atoms with van der Waals surface area (Å²) < 4.78 is 25.9. The molecule has 0 saturated heterocycles. The number of halogens is 1. The lowest BCUT2D eigenvalue weighted by atomic mass is 10.1. The van der Waals surface area contributed by atoms with Crippen molar-refractivity contribution in [2.24, 2.45) is 0 Å². The van der Waals surface area contributed by atoms with Crippen molar-refractivity contribution in [2.75, 3.05) is 14.2 Å². The standard InChI is InChI=1S/C25H22FN5O3S/c1-14-23(35-25-28-21(13-31(14)25)15-4-6-16(26)7-5-15)12-27-24(32)20-11-19(29-30-20)18-10-17(33-2)8-9-22(18)34-3/h4-11,13H,12H2,1-3H3,(H,27,32)(H,29,30). The van der Waals surface area contributed by atoms with E-state index in [1.54, 1.807) is 44.6 Å². The first kappa shape index (κ1) is 22.6. The molecule has 10 heteroatoms. The number of aromatic nitrogens is 4. The zero-order valence-corrected chi connectivity index (χ0v) is 20.1. The van der Waals surface area contributed by atoms with Crippen LogP contribution < -0.4 is 14.8 Å². The van der Waals surface area contributed by atoms with Crippen molar-refractivity contribution in [3.63, 3.8) is 0 Å². The third-order valence-electron chi connectivity index (χ3n) is 5.71. The second kappa shape index (κ2) is 9.22. The van der Waals surface area contributed by atoms with E-state index in [0.717, 1.165) is 32.4 Å². The number of aromatic amines is 1. The fourth-order valence-corrected chi connectivity index (χ4v) is 4.81. The number of ether oxygens (including phenoxy) is 2. The highest BCUT2D eigenvalue weighted by Crippen LogP contribution is 2.32. The molecule has 0 aliphatic carbocycles. The summed E-state index contributed by atoms with van der Waals surface area (Å²) in [6.07, 6.45) is 1.92. The number of imidazole rings is 1. The molecule has 5 rings (SSSR count). The molecular weight excluding hydrogens is 469 g/mol. The maximum Gasteiger partial charge on any atom is 0.269 e. The third kappa shape index (κ3) is 4.35. The monoisotopic (exact) mass is 491 g/mol. The van der Waals surface area contributed by atoms with Crippen molar-refractivity contribution in [3.05, 3.63) is 76.8 Å².